The van der Waals surface area contributed by atoms with Crippen molar-refractivity contribution in [1.82, 2.24) is 10.3 Å². The largest absolute Gasteiger partial charge is 0.449 e. The first-order chi connectivity index (χ1) is 12.3. The molecule has 1 aromatic carbocycles. The Balaban J connectivity index is 1.90. The maximum Gasteiger partial charge on any atom is 0.338 e. The lowest BCUT2D eigenvalue weighted by atomic mass is 10.1. The second-order valence-electron chi connectivity index (χ2n) is 5.31. The summed E-state index contributed by atoms with van der Waals surface area (Å²) in [4.78, 5) is 38.8. The standard InChI is InChI=1S/C17H17ClN4O4/c1-10(15(23)22-14-7-6-13(18)9-20-14)26-16(24)12-4-2-11(3-5-12)8-21-17(19)25/h2-7,9-10H,8H2,1H3,(H3,19,21,25)(H,20,22,23). The zero-order valence-corrected chi connectivity index (χ0v) is 14.6. The molecule has 0 aliphatic heterocycles. The molecule has 8 nitrogen and oxygen atoms in total. The van der Waals surface area contributed by atoms with Gasteiger partial charge in [0.15, 0.2) is 6.10 Å². The third-order valence-corrected chi connectivity index (χ3v) is 3.51. The number of carbonyl (C=O) groups is 3. The number of nitrogens with two attached hydrogens (primary N) is 1. The Bertz CT molecular complexity index is 793. The molecule has 0 saturated heterocycles. The summed E-state index contributed by atoms with van der Waals surface area (Å²) in [6.45, 7) is 1.70. The molecule has 3 amide bonds. The van der Waals surface area contributed by atoms with Crippen molar-refractivity contribution in [1.29, 1.82) is 0 Å². The third kappa shape index (κ3) is 5.75. The molecule has 0 radical (unpaired) electrons. The maximum atomic E-state index is 12.1. The van der Waals surface area contributed by atoms with Crippen LogP contribution in [-0.4, -0.2) is 29.0 Å². The number of benzene rings is 1. The van der Waals surface area contributed by atoms with Gasteiger partial charge < -0.3 is 21.1 Å². The smallest absolute Gasteiger partial charge is 0.338 e. The van der Waals surface area contributed by atoms with Gasteiger partial charge in [0, 0.05) is 12.7 Å². The van der Waals surface area contributed by atoms with Gasteiger partial charge in [-0.25, -0.2) is 14.6 Å². The molecule has 1 atom stereocenters. The van der Waals surface area contributed by atoms with Crippen molar-refractivity contribution >= 4 is 35.3 Å². The van der Waals surface area contributed by atoms with Crippen LogP contribution in [-0.2, 0) is 16.1 Å². The summed E-state index contributed by atoms with van der Waals surface area (Å²) >= 11 is 5.72. The fourth-order valence-corrected chi connectivity index (χ4v) is 2.02. The molecule has 0 fully saturated rings. The van der Waals surface area contributed by atoms with E-state index in [9.17, 15) is 14.4 Å². The number of hydrogen-bond acceptors (Lipinski definition) is 5. The summed E-state index contributed by atoms with van der Waals surface area (Å²) in [5.41, 5.74) is 6.03. The van der Waals surface area contributed by atoms with Crippen LogP contribution in [0.15, 0.2) is 42.6 Å². The van der Waals surface area contributed by atoms with E-state index in [0.29, 0.717) is 10.8 Å². The van der Waals surface area contributed by atoms with E-state index < -0.39 is 24.0 Å². The normalized spacial score (nSPS) is 11.3. The quantitative estimate of drug-likeness (QED) is 0.666. The van der Waals surface area contributed by atoms with Gasteiger partial charge >= 0.3 is 12.0 Å². The van der Waals surface area contributed by atoms with Crippen molar-refractivity contribution in [2.24, 2.45) is 5.73 Å². The van der Waals surface area contributed by atoms with Crippen LogP contribution in [0.1, 0.15) is 22.8 Å². The van der Waals surface area contributed by atoms with Gasteiger partial charge in [0.25, 0.3) is 5.91 Å². The highest BCUT2D eigenvalue weighted by Crippen LogP contribution is 2.11. The highest BCUT2D eigenvalue weighted by atomic mass is 35.5. The summed E-state index contributed by atoms with van der Waals surface area (Å²) in [7, 11) is 0. The molecule has 1 aromatic heterocycles. The molecular formula is C17H17ClN4O4. The molecule has 136 valence electrons. The zero-order chi connectivity index (χ0) is 19.1. The van der Waals surface area contributed by atoms with E-state index in [2.05, 4.69) is 15.6 Å². The van der Waals surface area contributed by atoms with Gasteiger partial charge in [-0.3, -0.25) is 4.79 Å². The van der Waals surface area contributed by atoms with Crippen LogP contribution >= 0.6 is 11.6 Å². The number of amides is 3. The number of primary amides is 1. The van der Waals surface area contributed by atoms with Crippen LogP contribution in [0.2, 0.25) is 5.02 Å². The van der Waals surface area contributed by atoms with Crippen molar-refractivity contribution < 1.29 is 19.1 Å². The van der Waals surface area contributed by atoms with Gasteiger partial charge in [0.05, 0.1) is 10.6 Å². The first-order valence-corrected chi connectivity index (χ1v) is 7.98. The number of halogens is 1. The van der Waals surface area contributed by atoms with Gasteiger partial charge in [0.2, 0.25) is 0 Å². The number of rotatable bonds is 6. The van der Waals surface area contributed by atoms with Gasteiger partial charge in [-0.1, -0.05) is 23.7 Å². The summed E-state index contributed by atoms with van der Waals surface area (Å²) in [5, 5.41) is 5.41. The van der Waals surface area contributed by atoms with E-state index in [1.807, 2.05) is 0 Å². The fraction of sp³-hybridized carbons (Fsp3) is 0.176. The second-order valence-corrected chi connectivity index (χ2v) is 5.75. The predicted octanol–water partition coefficient (Wildman–Crippen LogP) is 2.09. The third-order valence-electron chi connectivity index (χ3n) is 3.29. The van der Waals surface area contributed by atoms with Gasteiger partial charge in [-0.2, -0.15) is 0 Å². The lowest BCUT2D eigenvalue weighted by molar-refractivity contribution is -0.123. The highest BCUT2D eigenvalue weighted by Gasteiger charge is 2.19. The van der Waals surface area contributed by atoms with Crippen molar-refractivity contribution in [2.75, 3.05) is 5.32 Å². The number of hydrogen-bond donors (Lipinski definition) is 3. The maximum absolute atomic E-state index is 12.1. The molecule has 2 aromatic rings. The Hall–Kier alpha value is -3.13. The topological polar surface area (TPSA) is 123 Å². The number of esters is 1. The Morgan fingerprint density at radius 1 is 1.19 bits per heavy atom. The highest BCUT2D eigenvalue weighted by molar-refractivity contribution is 6.30. The summed E-state index contributed by atoms with van der Waals surface area (Å²) in [6, 6.07) is 8.84. The minimum absolute atomic E-state index is 0.248. The molecular weight excluding hydrogens is 360 g/mol. The number of urea groups is 1. The summed E-state index contributed by atoms with van der Waals surface area (Å²) < 4.78 is 5.14. The Morgan fingerprint density at radius 3 is 2.46 bits per heavy atom. The molecule has 26 heavy (non-hydrogen) atoms. The summed E-state index contributed by atoms with van der Waals surface area (Å²) in [5.74, 6) is -0.866. The molecule has 0 spiro atoms. The van der Waals surface area contributed by atoms with E-state index in [4.69, 9.17) is 22.1 Å². The first-order valence-electron chi connectivity index (χ1n) is 7.61. The Morgan fingerprint density at radius 2 is 1.88 bits per heavy atom. The minimum Gasteiger partial charge on any atom is -0.449 e. The van der Waals surface area contributed by atoms with E-state index >= 15 is 0 Å². The van der Waals surface area contributed by atoms with Crippen LogP contribution in [0.3, 0.4) is 0 Å². The number of anilines is 1. The predicted molar refractivity (Wildman–Crippen MR) is 95.6 cm³/mol. The van der Waals surface area contributed by atoms with E-state index in [-0.39, 0.29) is 12.1 Å². The Kier molecular flexibility index (Phi) is 6.51. The number of carbonyl (C=O) groups excluding carboxylic acids is 3. The minimum atomic E-state index is -1.02. The molecule has 2 rings (SSSR count). The average molecular weight is 377 g/mol. The number of nitrogens with one attached hydrogen (secondary N) is 2. The number of aromatic nitrogens is 1. The van der Waals surface area contributed by atoms with Crippen molar-refractivity contribution in [3.63, 3.8) is 0 Å². The lowest BCUT2D eigenvalue weighted by Crippen LogP contribution is -2.30. The molecule has 0 saturated carbocycles. The zero-order valence-electron chi connectivity index (χ0n) is 13.9. The average Bonchev–Trinajstić information content (AvgIpc) is 2.62. The number of nitrogens with zero attached hydrogens (tertiary/aromatic N) is 1. The van der Waals surface area contributed by atoms with Gasteiger partial charge in [-0.15, -0.1) is 0 Å². The van der Waals surface area contributed by atoms with Gasteiger partial charge in [-0.05, 0) is 36.8 Å². The van der Waals surface area contributed by atoms with Crippen molar-refractivity contribution in [3.8, 4) is 0 Å². The van der Waals surface area contributed by atoms with Crippen LogP contribution in [0.4, 0.5) is 10.6 Å². The van der Waals surface area contributed by atoms with Crippen LogP contribution in [0.25, 0.3) is 0 Å². The molecule has 4 N–H and O–H groups in total. The van der Waals surface area contributed by atoms with Crippen LogP contribution in [0, 0.1) is 0 Å². The molecule has 0 bridgehead atoms. The SMILES string of the molecule is CC(OC(=O)c1ccc(CNC(N)=O)cc1)C(=O)Nc1ccc(Cl)cn1. The molecule has 0 aliphatic rings. The number of pyridine rings is 1. The van der Waals surface area contributed by atoms with Gasteiger partial charge in [0.1, 0.15) is 5.82 Å². The van der Waals surface area contributed by atoms with Crippen molar-refractivity contribution in [2.45, 2.75) is 19.6 Å². The monoisotopic (exact) mass is 376 g/mol. The fourth-order valence-electron chi connectivity index (χ4n) is 1.91. The second kappa shape index (κ2) is 8.82. The van der Waals surface area contributed by atoms with E-state index in [0.717, 1.165) is 5.56 Å². The van der Waals surface area contributed by atoms with E-state index in [1.165, 1.54) is 31.3 Å². The lowest BCUT2D eigenvalue weighted by Gasteiger charge is -2.13. The van der Waals surface area contributed by atoms with Crippen LogP contribution in [0.5, 0.6) is 0 Å². The molecule has 1 unspecified atom stereocenters. The summed E-state index contributed by atoms with van der Waals surface area (Å²) in [6.07, 6.45) is 0.374. The van der Waals surface area contributed by atoms with Crippen LogP contribution < -0.4 is 16.4 Å². The van der Waals surface area contributed by atoms with Crippen molar-refractivity contribution in [3.05, 3.63) is 58.7 Å². The van der Waals surface area contributed by atoms with E-state index in [1.54, 1.807) is 18.2 Å². The first kappa shape index (κ1) is 19.2. The number of ether oxygens (including phenoxy) is 1. The molecule has 0 aliphatic carbocycles. The molecule has 9 heteroatoms. The molecule has 1 heterocycles. The Labute approximate surface area is 154 Å².